The van der Waals surface area contributed by atoms with Crippen LogP contribution in [0.15, 0.2) is 64.0 Å². The van der Waals surface area contributed by atoms with Crippen molar-refractivity contribution in [3.63, 3.8) is 0 Å². The number of hydrogen-bond donors (Lipinski definition) is 2. The van der Waals surface area contributed by atoms with Crippen LogP contribution in [0.25, 0.3) is 0 Å². The Morgan fingerprint density at radius 2 is 1.93 bits per heavy atom. The summed E-state index contributed by atoms with van der Waals surface area (Å²) >= 11 is 8.89. The summed E-state index contributed by atoms with van der Waals surface area (Å²) in [6.45, 7) is 0.239. The van der Waals surface area contributed by atoms with Gasteiger partial charge in [-0.05, 0) is 39.2 Å². The Bertz CT molecular complexity index is 1060. The van der Waals surface area contributed by atoms with Crippen LogP contribution < -0.4 is 15.5 Å². The minimum atomic E-state index is -0.536. The number of halogens is 3. The van der Waals surface area contributed by atoms with Crippen molar-refractivity contribution in [2.24, 2.45) is 0 Å². The predicted molar refractivity (Wildman–Crippen MR) is 108 cm³/mol. The highest BCUT2D eigenvalue weighted by Crippen LogP contribution is 2.18. The van der Waals surface area contributed by atoms with Gasteiger partial charge >= 0.3 is 0 Å². The van der Waals surface area contributed by atoms with E-state index in [0.29, 0.717) is 5.56 Å². The first-order chi connectivity index (χ1) is 13.5. The molecule has 2 aromatic carbocycles. The summed E-state index contributed by atoms with van der Waals surface area (Å²) in [5.74, 6) is -1.16. The minimum absolute atomic E-state index is 0.00246. The molecule has 0 atom stereocenters. The van der Waals surface area contributed by atoms with Crippen molar-refractivity contribution < 1.29 is 13.9 Å². The average Bonchev–Trinajstić information content (AvgIpc) is 2.70. The predicted octanol–water partition coefficient (Wildman–Crippen LogP) is 4.44. The fraction of sp³-hybridized carbons (Fsp3) is 0.100. The summed E-state index contributed by atoms with van der Waals surface area (Å²) in [4.78, 5) is 27.8. The first-order valence-corrected chi connectivity index (χ1v) is 9.43. The largest absolute Gasteiger partial charge is 0.483 e. The molecule has 2 N–H and O–H groups in total. The lowest BCUT2D eigenvalue weighted by molar-refractivity contribution is 0.0940. The van der Waals surface area contributed by atoms with Crippen molar-refractivity contribution in [3.8, 4) is 5.75 Å². The molecule has 3 rings (SSSR count). The molecule has 0 radical (unpaired) electrons. The monoisotopic (exact) mass is 464 g/mol. The number of rotatable bonds is 6. The van der Waals surface area contributed by atoms with Crippen molar-refractivity contribution >= 4 is 33.4 Å². The van der Waals surface area contributed by atoms with Gasteiger partial charge in [0.1, 0.15) is 12.4 Å². The lowest BCUT2D eigenvalue weighted by atomic mass is 10.2. The summed E-state index contributed by atoms with van der Waals surface area (Å²) in [6.07, 6.45) is 1.38. The normalized spacial score (nSPS) is 10.5. The van der Waals surface area contributed by atoms with Gasteiger partial charge in [0.15, 0.2) is 11.4 Å². The van der Waals surface area contributed by atoms with Crippen LogP contribution in [0.1, 0.15) is 21.6 Å². The third kappa shape index (κ3) is 4.79. The van der Waals surface area contributed by atoms with Crippen LogP contribution in [-0.4, -0.2) is 10.9 Å². The standard InChI is InChI=1S/C20H15BrClFN2O3/c21-14-10-24-17(19(18(14)26)28-11-12-4-2-1-3-5-12)20(27)25-9-13-6-7-16(23)15(22)8-13/h1-8,10H,9,11H2,(H,24,26)(H,25,27). The molecule has 1 heterocycles. The molecule has 1 aromatic heterocycles. The zero-order chi connectivity index (χ0) is 20.1. The second kappa shape index (κ2) is 9.03. The van der Waals surface area contributed by atoms with Gasteiger partial charge in [-0.1, -0.05) is 48.0 Å². The summed E-state index contributed by atoms with van der Waals surface area (Å²) in [6, 6.07) is 13.4. The van der Waals surface area contributed by atoms with Gasteiger partial charge in [0, 0.05) is 12.7 Å². The zero-order valence-electron chi connectivity index (χ0n) is 14.5. The van der Waals surface area contributed by atoms with Gasteiger partial charge in [-0.25, -0.2) is 4.39 Å². The van der Waals surface area contributed by atoms with Gasteiger partial charge in [-0.15, -0.1) is 0 Å². The number of H-pyrrole nitrogens is 1. The number of aromatic nitrogens is 1. The van der Waals surface area contributed by atoms with E-state index in [1.54, 1.807) is 0 Å². The third-order valence-electron chi connectivity index (χ3n) is 3.88. The highest BCUT2D eigenvalue weighted by molar-refractivity contribution is 9.10. The van der Waals surface area contributed by atoms with Crippen molar-refractivity contribution in [1.29, 1.82) is 0 Å². The van der Waals surface area contributed by atoms with Crippen LogP contribution >= 0.6 is 27.5 Å². The van der Waals surface area contributed by atoms with Gasteiger partial charge in [0.25, 0.3) is 5.91 Å². The molecule has 3 aromatic rings. The molecular weight excluding hydrogens is 451 g/mol. The van der Waals surface area contributed by atoms with Gasteiger partial charge < -0.3 is 15.0 Å². The molecule has 0 aliphatic rings. The molecule has 8 heteroatoms. The maximum Gasteiger partial charge on any atom is 0.271 e. The Balaban J connectivity index is 1.78. The minimum Gasteiger partial charge on any atom is -0.483 e. The van der Waals surface area contributed by atoms with E-state index in [0.717, 1.165) is 5.56 Å². The van der Waals surface area contributed by atoms with E-state index in [9.17, 15) is 14.0 Å². The Kier molecular flexibility index (Phi) is 6.49. The first kappa shape index (κ1) is 20.1. The summed E-state index contributed by atoms with van der Waals surface area (Å²) in [7, 11) is 0. The van der Waals surface area contributed by atoms with Gasteiger partial charge in [-0.2, -0.15) is 0 Å². The molecule has 5 nitrogen and oxygen atoms in total. The SMILES string of the molecule is O=C(NCc1ccc(F)c(Cl)c1)c1[nH]cc(Br)c(=O)c1OCc1ccccc1. The molecule has 0 spiro atoms. The molecule has 0 aliphatic heterocycles. The van der Waals surface area contributed by atoms with E-state index in [2.05, 4.69) is 26.2 Å². The Morgan fingerprint density at radius 3 is 2.64 bits per heavy atom. The number of ether oxygens (including phenoxy) is 1. The molecule has 0 saturated heterocycles. The van der Waals surface area contributed by atoms with E-state index in [1.807, 2.05) is 30.3 Å². The van der Waals surface area contributed by atoms with E-state index in [4.69, 9.17) is 16.3 Å². The van der Waals surface area contributed by atoms with Crippen LogP contribution in [0.2, 0.25) is 5.02 Å². The summed E-state index contributed by atoms with van der Waals surface area (Å²) in [5, 5.41) is 2.63. The topological polar surface area (TPSA) is 71.2 Å². The summed E-state index contributed by atoms with van der Waals surface area (Å²) in [5.41, 5.74) is 1.03. The van der Waals surface area contributed by atoms with E-state index < -0.39 is 17.2 Å². The Labute approximate surface area is 173 Å². The fourth-order valence-corrected chi connectivity index (χ4v) is 2.94. The van der Waals surface area contributed by atoms with Crippen LogP contribution in [0.5, 0.6) is 5.75 Å². The molecule has 144 valence electrons. The van der Waals surface area contributed by atoms with Gasteiger partial charge in [-0.3, -0.25) is 9.59 Å². The molecule has 28 heavy (non-hydrogen) atoms. The molecule has 1 amide bonds. The molecule has 0 aliphatic carbocycles. The number of hydrogen-bond acceptors (Lipinski definition) is 3. The van der Waals surface area contributed by atoms with Crippen LogP contribution in [0, 0.1) is 5.82 Å². The van der Waals surface area contributed by atoms with Crippen molar-refractivity contribution in [3.05, 3.63) is 97.1 Å². The van der Waals surface area contributed by atoms with Crippen LogP contribution in [-0.2, 0) is 13.2 Å². The number of carbonyl (C=O) groups is 1. The average molecular weight is 466 g/mol. The first-order valence-electron chi connectivity index (χ1n) is 8.25. The number of aromatic amines is 1. The Hall–Kier alpha value is -2.64. The number of amides is 1. The van der Waals surface area contributed by atoms with Crippen LogP contribution in [0.4, 0.5) is 4.39 Å². The maximum absolute atomic E-state index is 13.2. The van der Waals surface area contributed by atoms with E-state index in [-0.39, 0.29) is 34.1 Å². The highest BCUT2D eigenvalue weighted by Gasteiger charge is 2.18. The molecule has 0 unspecified atom stereocenters. The van der Waals surface area contributed by atoms with E-state index in [1.165, 1.54) is 24.4 Å². The van der Waals surface area contributed by atoms with Crippen molar-refractivity contribution in [1.82, 2.24) is 10.3 Å². The molecule has 0 saturated carbocycles. The van der Waals surface area contributed by atoms with Crippen molar-refractivity contribution in [2.75, 3.05) is 0 Å². The molecule has 0 fully saturated rings. The van der Waals surface area contributed by atoms with Crippen LogP contribution in [0.3, 0.4) is 0 Å². The van der Waals surface area contributed by atoms with E-state index >= 15 is 0 Å². The lowest BCUT2D eigenvalue weighted by Gasteiger charge is -2.12. The molecule has 0 bridgehead atoms. The smallest absolute Gasteiger partial charge is 0.271 e. The van der Waals surface area contributed by atoms with Gasteiger partial charge in [0.05, 0.1) is 9.50 Å². The van der Waals surface area contributed by atoms with Gasteiger partial charge in [0.2, 0.25) is 5.43 Å². The second-order valence-electron chi connectivity index (χ2n) is 5.88. The quantitative estimate of drug-likeness (QED) is 0.565. The highest BCUT2D eigenvalue weighted by atomic mass is 79.9. The fourth-order valence-electron chi connectivity index (χ4n) is 2.45. The lowest BCUT2D eigenvalue weighted by Crippen LogP contribution is -2.27. The molecular formula is C20H15BrClFN2O3. The number of carbonyl (C=O) groups excluding carboxylic acids is 1. The maximum atomic E-state index is 13.2. The second-order valence-corrected chi connectivity index (χ2v) is 7.14. The zero-order valence-corrected chi connectivity index (χ0v) is 16.8. The Morgan fingerprint density at radius 1 is 1.18 bits per heavy atom. The number of nitrogens with one attached hydrogen (secondary N) is 2. The number of pyridine rings is 1. The summed E-state index contributed by atoms with van der Waals surface area (Å²) < 4.78 is 19.1. The number of benzene rings is 2. The van der Waals surface area contributed by atoms with Crippen molar-refractivity contribution in [2.45, 2.75) is 13.2 Å². The third-order valence-corrected chi connectivity index (χ3v) is 4.76.